The van der Waals surface area contributed by atoms with Crippen molar-refractivity contribution < 1.29 is 12.6 Å². The molecule has 2 aromatic carbocycles. The maximum atomic E-state index is 12.2. The summed E-state index contributed by atoms with van der Waals surface area (Å²) in [5.74, 6) is -0.374. The van der Waals surface area contributed by atoms with Crippen LogP contribution in [0.2, 0.25) is 25.1 Å². The van der Waals surface area contributed by atoms with Gasteiger partial charge in [-0.15, -0.1) is 0 Å². The van der Waals surface area contributed by atoms with Gasteiger partial charge in [-0.2, -0.15) is 8.42 Å². The summed E-state index contributed by atoms with van der Waals surface area (Å²) < 4.78 is 29.3. The zero-order valence-corrected chi connectivity index (χ0v) is 14.5. The molecule has 0 aliphatic heterocycles. The molecule has 112 valence electrons. The normalized spacial score (nSPS) is 11.5. The summed E-state index contributed by atoms with van der Waals surface area (Å²) in [4.78, 5) is -0.0701. The van der Waals surface area contributed by atoms with Gasteiger partial charge in [-0.25, -0.2) is 0 Å². The quantitative estimate of drug-likeness (QED) is 0.372. The Balaban J connectivity index is 2.55. The fourth-order valence-corrected chi connectivity index (χ4v) is 3.67. The molecule has 0 saturated heterocycles. The van der Waals surface area contributed by atoms with E-state index in [-0.39, 0.29) is 35.8 Å². The highest BCUT2D eigenvalue weighted by atomic mass is 35.5. The fraction of sp³-hybridized carbons (Fsp3) is 0. The largest absolute Gasteiger partial charge is 0.376 e. The molecular formula is C12H5Cl5O3S. The van der Waals surface area contributed by atoms with Crippen LogP contribution >= 0.6 is 58.0 Å². The lowest BCUT2D eigenvalue weighted by atomic mass is 10.3. The number of rotatable bonds is 3. The summed E-state index contributed by atoms with van der Waals surface area (Å²) in [5.41, 5.74) is 0. The standard InChI is InChI=1S/C12H5Cl5O3S/c13-7-8(14)10(16)12(11(17)9(7)15)20-21(18,19)6-4-2-1-3-5-6/h1-5H. The summed E-state index contributed by atoms with van der Waals surface area (Å²) in [6.07, 6.45) is 0. The Bertz CT molecular complexity index is 761. The van der Waals surface area contributed by atoms with Crippen LogP contribution in [0.15, 0.2) is 35.2 Å². The van der Waals surface area contributed by atoms with Crippen molar-refractivity contribution in [2.75, 3.05) is 0 Å². The van der Waals surface area contributed by atoms with Crippen LogP contribution in [0.5, 0.6) is 5.75 Å². The number of benzene rings is 2. The van der Waals surface area contributed by atoms with Gasteiger partial charge in [-0.05, 0) is 12.1 Å². The lowest BCUT2D eigenvalue weighted by molar-refractivity contribution is 0.486. The second-order valence-electron chi connectivity index (χ2n) is 3.75. The third kappa shape index (κ3) is 3.36. The first-order valence-electron chi connectivity index (χ1n) is 5.26. The molecule has 0 aliphatic rings. The van der Waals surface area contributed by atoms with E-state index >= 15 is 0 Å². The molecule has 9 heteroatoms. The average Bonchev–Trinajstić information content (AvgIpc) is 2.48. The van der Waals surface area contributed by atoms with Crippen LogP contribution in [0.4, 0.5) is 0 Å². The molecule has 0 heterocycles. The van der Waals surface area contributed by atoms with Crippen LogP contribution in [-0.2, 0) is 10.1 Å². The van der Waals surface area contributed by atoms with Gasteiger partial charge in [-0.1, -0.05) is 76.2 Å². The van der Waals surface area contributed by atoms with Gasteiger partial charge in [0.2, 0.25) is 0 Å². The molecule has 0 aliphatic carbocycles. The number of halogens is 5. The van der Waals surface area contributed by atoms with Crippen molar-refractivity contribution in [2.24, 2.45) is 0 Å². The first-order valence-corrected chi connectivity index (χ1v) is 8.56. The van der Waals surface area contributed by atoms with Crippen LogP contribution in [0, 0.1) is 0 Å². The summed E-state index contributed by atoms with van der Waals surface area (Å²) in [7, 11) is -4.13. The molecule has 0 N–H and O–H groups in total. The van der Waals surface area contributed by atoms with Gasteiger partial charge in [0.25, 0.3) is 0 Å². The van der Waals surface area contributed by atoms with Crippen molar-refractivity contribution in [1.82, 2.24) is 0 Å². The van der Waals surface area contributed by atoms with Crippen molar-refractivity contribution in [3.8, 4) is 5.75 Å². The lowest BCUT2D eigenvalue weighted by Crippen LogP contribution is -2.10. The van der Waals surface area contributed by atoms with E-state index in [9.17, 15) is 8.42 Å². The monoisotopic (exact) mass is 404 g/mol. The average molecular weight is 407 g/mol. The highest BCUT2D eigenvalue weighted by Gasteiger charge is 2.25. The molecular weight excluding hydrogens is 401 g/mol. The maximum Gasteiger partial charge on any atom is 0.339 e. The predicted molar refractivity (Wildman–Crippen MR) is 85.7 cm³/mol. The zero-order valence-electron chi connectivity index (χ0n) is 9.91. The van der Waals surface area contributed by atoms with Crippen LogP contribution in [-0.4, -0.2) is 8.42 Å². The molecule has 0 amide bonds. The molecule has 0 atom stereocenters. The van der Waals surface area contributed by atoms with E-state index in [1.165, 1.54) is 12.1 Å². The van der Waals surface area contributed by atoms with Gasteiger partial charge in [0.1, 0.15) is 14.9 Å². The van der Waals surface area contributed by atoms with Crippen molar-refractivity contribution in [2.45, 2.75) is 4.90 Å². The molecule has 2 aromatic rings. The highest BCUT2D eigenvalue weighted by Crippen LogP contribution is 2.48. The molecule has 0 fully saturated rings. The third-order valence-corrected chi connectivity index (χ3v) is 5.87. The van der Waals surface area contributed by atoms with Gasteiger partial charge in [0, 0.05) is 0 Å². The smallest absolute Gasteiger partial charge is 0.339 e. The number of hydrogen-bond donors (Lipinski definition) is 0. The van der Waals surface area contributed by atoms with E-state index in [1.54, 1.807) is 18.2 Å². The van der Waals surface area contributed by atoms with Gasteiger partial charge in [-0.3, -0.25) is 0 Å². The van der Waals surface area contributed by atoms with E-state index in [4.69, 9.17) is 62.2 Å². The number of hydrogen-bond acceptors (Lipinski definition) is 3. The van der Waals surface area contributed by atoms with Crippen molar-refractivity contribution in [3.63, 3.8) is 0 Å². The summed E-state index contributed by atoms with van der Waals surface area (Å²) in [6, 6.07) is 7.46. The molecule has 2 rings (SSSR count). The van der Waals surface area contributed by atoms with Crippen LogP contribution in [0.3, 0.4) is 0 Å². The minimum atomic E-state index is -4.13. The molecule has 0 aromatic heterocycles. The Morgan fingerprint density at radius 3 is 1.62 bits per heavy atom. The highest BCUT2D eigenvalue weighted by molar-refractivity contribution is 7.87. The van der Waals surface area contributed by atoms with Gasteiger partial charge < -0.3 is 4.18 Å². The second-order valence-corrected chi connectivity index (χ2v) is 7.19. The molecule has 0 unspecified atom stereocenters. The Kier molecular flexibility index (Phi) is 5.19. The molecule has 0 saturated carbocycles. The third-order valence-electron chi connectivity index (χ3n) is 2.39. The predicted octanol–water partition coefficient (Wildman–Crippen LogP) is 5.72. The minimum absolute atomic E-state index is 0.0701. The maximum absolute atomic E-state index is 12.2. The minimum Gasteiger partial charge on any atom is -0.376 e. The summed E-state index contributed by atoms with van der Waals surface area (Å²) in [5, 5.41) is -0.860. The van der Waals surface area contributed by atoms with Crippen molar-refractivity contribution in [1.29, 1.82) is 0 Å². The Hall–Kier alpha value is -0.360. The second kappa shape index (κ2) is 6.41. The topological polar surface area (TPSA) is 43.4 Å². The molecule has 0 bridgehead atoms. The van der Waals surface area contributed by atoms with E-state index < -0.39 is 10.1 Å². The van der Waals surface area contributed by atoms with Crippen LogP contribution < -0.4 is 4.18 Å². The Labute approximate surface area is 146 Å². The van der Waals surface area contributed by atoms with Crippen molar-refractivity contribution >= 4 is 68.1 Å². The van der Waals surface area contributed by atoms with E-state index in [0.29, 0.717) is 0 Å². The summed E-state index contributed by atoms with van der Waals surface area (Å²) in [6.45, 7) is 0. The summed E-state index contributed by atoms with van der Waals surface area (Å²) >= 11 is 29.4. The van der Waals surface area contributed by atoms with Gasteiger partial charge in [0.05, 0.1) is 15.1 Å². The lowest BCUT2D eigenvalue weighted by Gasteiger charge is -2.13. The van der Waals surface area contributed by atoms with Crippen molar-refractivity contribution in [3.05, 3.63) is 55.4 Å². The molecule has 0 spiro atoms. The van der Waals surface area contributed by atoms with Gasteiger partial charge >= 0.3 is 10.1 Å². The molecule has 3 nitrogen and oxygen atoms in total. The first-order chi connectivity index (χ1) is 9.75. The Morgan fingerprint density at radius 1 is 0.714 bits per heavy atom. The van der Waals surface area contributed by atoms with E-state index in [2.05, 4.69) is 0 Å². The van der Waals surface area contributed by atoms with Crippen LogP contribution in [0.1, 0.15) is 0 Å². The van der Waals surface area contributed by atoms with E-state index in [1.807, 2.05) is 0 Å². The van der Waals surface area contributed by atoms with Crippen LogP contribution in [0.25, 0.3) is 0 Å². The molecule has 0 radical (unpaired) electrons. The zero-order chi connectivity index (χ0) is 15.8. The first kappa shape index (κ1) is 17.0. The fourth-order valence-electron chi connectivity index (χ4n) is 1.40. The van der Waals surface area contributed by atoms with Gasteiger partial charge in [0.15, 0.2) is 5.75 Å². The molecule has 21 heavy (non-hydrogen) atoms. The van der Waals surface area contributed by atoms with E-state index in [0.717, 1.165) is 0 Å². The SMILES string of the molecule is O=S(=O)(Oc1c(Cl)c(Cl)c(Cl)c(Cl)c1Cl)c1ccccc1. The Morgan fingerprint density at radius 2 is 1.14 bits per heavy atom.